The summed E-state index contributed by atoms with van der Waals surface area (Å²) >= 11 is 11.5. The first kappa shape index (κ1) is 13.4. The van der Waals surface area contributed by atoms with Gasteiger partial charge in [0.15, 0.2) is 4.77 Å². The lowest BCUT2D eigenvalue weighted by Crippen LogP contribution is -2.02. The molecule has 1 N–H and O–H groups in total. The summed E-state index contributed by atoms with van der Waals surface area (Å²) in [6.07, 6.45) is 0.959. The Morgan fingerprint density at radius 1 is 1.20 bits per heavy atom. The molecule has 0 aliphatic rings. The van der Waals surface area contributed by atoms with Gasteiger partial charge in [0.1, 0.15) is 0 Å². The van der Waals surface area contributed by atoms with Crippen molar-refractivity contribution in [1.29, 1.82) is 0 Å². The number of benzene rings is 2. The number of H-pyrrole nitrogens is 1. The summed E-state index contributed by atoms with van der Waals surface area (Å²) in [5.74, 6) is 0. The lowest BCUT2D eigenvalue weighted by Gasteiger charge is -2.07. The molecule has 3 aromatic rings. The molecule has 0 unspecified atom stereocenters. The van der Waals surface area contributed by atoms with Crippen LogP contribution in [0.15, 0.2) is 42.5 Å². The van der Waals surface area contributed by atoms with Gasteiger partial charge in [0.2, 0.25) is 0 Å². The van der Waals surface area contributed by atoms with E-state index in [9.17, 15) is 0 Å². The minimum Gasteiger partial charge on any atom is -0.331 e. The van der Waals surface area contributed by atoms with Gasteiger partial charge in [-0.15, -0.1) is 0 Å². The molecule has 3 rings (SSSR count). The van der Waals surface area contributed by atoms with Crippen molar-refractivity contribution in [3.8, 4) is 0 Å². The van der Waals surface area contributed by atoms with Crippen LogP contribution in [0.3, 0.4) is 0 Å². The predicted molar refractivity (Wildman–Crippen MR) is 87.0 cm³/mol. The molecule has 0 saturated heterocycles. The van der Waals surface area contributed by atoms with Crippen molar-refractivity contribution in [1.82, 2.24) is 9.55 Å². The molecule has 0 saturated carbocycles. The zero-order valence-electron chi connectivity index (χ0n) is 11.2. The molecule has 20 heavy (non-hydrogen) atoms. The fourth-order valence-electron chi connectivity index (χ4n) is 2.47. The first-order valence-electron chi connectivity index (χ1n) is 6.58. The highest BCUT2D eigenvalue weighted by molar-refractivity contribution is 7.71. The van der Waals surface area contributed by atoms with Crippen molar-refractivity contribution in [2.75, 3.05) is 0 Å². The summed E-state index contributed by atoms with van der Waals surface area (Å²) < 4.78 is 2.86. The number of aromatic amines is 1. The van der Waals surface area contributed by atoms with Gasteiger partial charge in [0.05, 0.1) is 11.0 Å². The average molecular weight is 303 g/mol. The zero-order chi connectivity index (χ0) is 14.1. The molecule has 0 aliphatic heterocycles. The van der Waals surface area contributed by atoms with Crippen LogP contribution in [0.5, 0.6) is 0 Å². The highest BCUT2D eigenvalue weighted by Gasteiger charge is 2.06. The minimum atomic E-state index is 0.733. The quantitative estimate of drug-likeness (QED) is 0.682. The molecular weight excluding hydrogens is 288 g/mol. The molecule has 2 aromatic carbocycles. The molecular formula is C16H15ClN2S. The predicted octanol–water partition coefficient (Wildman–Crippen LogP) is 4.90. The van der Waals surface area contributed by atoms with Crippen molar-refractivity contribution < 1.29 is 0 Å². The van der Waals surface area contributed by atoms with Crippen LogP contribution in [0.4, 0.5) is 0 Å². The van der Waals surface area contributed by atoms with Crippen molar-refractivity contribution in [2.24, 2.45) is 0 Å². The highest BCUT2D eigenvalue weighted by atomic mass is 35.5. The number of nitrogens with one attached hydrogen (secondary N) is 1. The van der Waals surface area contributed by atoms with E-state index in [1.165, 1.54) is 11.1 Å². The fourth-order valence-corrected chi connectivity index (χ4v) is 2.94. The first-order chi connectivity index (χ1) is 9.65. The number of aryl methyl sites for hydroxylation is 3. The monoisotopic (exact) mass is 302 g/mol. The summed E-state index contributed by atoms with van der Waals surface area (Å²) in [5.41, 5.74) is 4.77. The van der Waals surface area contributed by atoms with Gasteiger partial charge < -0.3 is 9.55 Å². The maximum Gasteiger partial charge on any atom is 0.178 e. The zero-order valence-corrected chi connectivity index (χ0v) is 12.8. The van der Waals surface area contributed by atoms with Crippen LogP contribution in [-0.2, 0) is 13.0 Å². The normalized spacial score (nSPS) is 11.1. The van der Waals surface area contributed by atoms with Crippen molar-refractivity contribution in [2.45, 2.75) is 19.9 Å². The van der Waals surface area contributed by atoms with Gasteiger partial charge in [-0.2, -0.15) is 0 Å². The summed E-state index contributed by atoms with van der Waals surface area (Å²) in [4.78, 5) is 3.22. The van der Waals surface area contributed by atoms with Crippen LogP contribution < -0.4 is 0 Å². The maximum absolute atomic E-state index is 6.08. The molecule has 1 aromatic heterocycles. The first-order valence-corrected chi connectivity index (χ1v) is 7.36. The third-order valence-electron chi connectivity index (χ3n) is 3.60. The number of hydrogen-bond acceptors (Lipinski definition) is 1. The second kappa shape index (κ2) is 5.43. The highest BCUT2D eigenvalue weighted by Crippen LogP contribution is 2.20. The number of aromatic nitrogens is 2. The van der Waals surface area contributed by atoms with E-state index in [0.717, 1.165) is 33.8 Å². The van der Waals surface area contributed by atoms with E-state index >= 15 is 0 Å². The fraction of sp³-hybridized carbons (Fsp3) is 0.188. The smallest absolute Gasteiger partial charge is 0.178 e. The van der Waals surface area contributed by atoms with E-state index in [1.807, 2.05) is 18.2 Å². The molecule has 0 bridgehead atoms. The average Bonchev–Trinajstić information content (AvgIpc) is 2.73. The Labute approximate surface area is 128 Å². The number of imidazole rings is 1. The van der Waals surface area contributed by atoms with Gasteiger partial charge in [0.25, 0.3) is 0 Å². The largest absolute Gasteiger partial charge is 0.331 e. The summed E-state index contributed by atoms with van der Waals surface area (Å²) in [6.45, 7) is 2.99. The van der Waals surface area contributed by atoms with Crippen molar-refractivity contribution >= 4 is 34.9 Å². The number of rotatable bonds is 3. The van der Waals surface area contributed by atoms with Crippen LogP contribution in [-0.4, -0.2) is 9.55 Å². The SMILES string of the molecule is Cc1ccccc1CCn1c(=S)[nH]c2ccc(Cl)cc21. The third kappa shape index (κ3) is 2.51. The Morgan fingerprint density at radius 3 is 2.80 bits per heavy atom. The van der Waals surface area contributed by atoms with Gasteiger partial charge in [-0.1, -0.05) is 35.9 Å². The number of halogens is 1. The lowest BCUT2D eigenvalue weighted by molar-refractivity contribution is 0.704. The Morgan fingerprint density at radius 2 is 2.00 bits per heavy atom. The summed E-state index contributed by atoms with van der Waals surface area (Å²) in [7, 11) is 0. The number of hydrogen-bond donors (Lipinski definition) is 1. The minimum absolute atomic E-state index is 0.733. The Balaban J connectivity index is 1.95. The molecule has 102 valence electrons. The van der Waals surface area contributed by atoms with E-state index in [-0.39, 0.29) is 0 Å². The van der Waals surface area contributed by atoms with Crippen LogP contribution >= 0.6 is 23.8 Å². The molecule has 0 radical (unpaired) electrons. The molecule has 0 atom stereocenters. The van der Waals surface area contributed by atoms with E-state index in [0.29, 0.717) is 0 Å². The molecule has 0 spiro atoms. The van der Waals surface area contributed by atoms with Crippen LogP contribution in [0.25, 0.3) is 11.0 Å². The van der Waals surface area contributed by atoms with E-state index in [4.69, 9.17) is 23.8 Å². The molecule has 1 heterocycles. The van der Waals surface area contributed by atoms with Gasteiger partial charge in [-0.3, -0.25) is 0 Å². The van der Waals surface area contributed by atoms with E-state index in [1.54, 1.807) is 0 Å². The van der Waals surface area contributed by atoms with Gasteiger partial charge in [-0.05, 0) is 54.9 Å². The summed E-state index contributed by atoms with van der Waals surface area (Å²) in [5, 5.41) is 0.733. The third-order valence-corrected chi connectivity index (χ3v) is 4.16. The van der Waals surface area contributed by atoms with Gasteiger partial charge in [-0.25, -0.2) is 0 Å². The van der Waals surface area contributed by atoms with E-state index in [2.05, 4.69) is 40.7 Å². The molecule has 2 nitrogen and oxygen atoms in total. The summed E-state index contributed by atoms with van der Waals surface area (Å²) in [6, 6.07) is 14.3. The lowest BCUT2D eigenvalue weighted by atomic mass is 10.1. The van der Waals surface area contributed by atoms with E-state index < -0.39 is 0 Å². The second-order valence-electron chi connectivity index (χ2n) is 4.92. The maximum atomic E-state index is 6.08. The second-order valence-corrected chi connectivity index (χ2v) is 5.74. The molecule has 0 aliphatic carbocycles. The Hall–Kier alpha value is -1.58. The molecule has 4 heteroatoms. The van der Waals surface area contributed by atoms with Crippen LogP contribution in [0.2, 0.25) is 5.02 Å². The topological polar surface area (TPSA) is 20.7 Å². The van der Waals surface area contributed by atoms with Gasteiger partial charge >= 0.3 is 0 Å². The standard InChI is InChI=1S/C16H15ClN2S/c1-11-4-2-3-5-12(11)8-9-19-15-10-13(17)6-7-14(15)18-16(19)20/h2-7,10H,8-9H2,1H3,(H,18,20). The van der Waals surface area contributed by atoms with Crippen LogP contribution in [0.1, 0.15) is 11.1 Å². The molecule has 0 fully saturated rings. The Kier molecular flexibility index (Phi) is 3.64. The number of fused-ring (bicyclic) bond motifs is 1. The van der Waals surface area contributed by atoms with Crippen molar-refractivity contribution in [3.63, 3.8) is 0 Å². The van der Waals surface area contributed by atoms with Crippen molar-refractivity contribution in [3.05, 3.63) is 63.4 Å². The number of nitrogens with zero attached hydrogens (tertiary/aromatic N) is 1. The Bertz CT molecular complexity index is 817. The molecule has 0 amide bonds. The van der Waals surface area contributed by atoms with Crippen LogP contribution in [0, 0.1) is 11.7 Å². The van der Waals surface area contributed by atoms with Gasteiger partial charge in [0, 0.05) is 11.6 Å².